The van der Waals surface area contributed by atoms with Crippen LogP contribution in [-0.2, 0) is 0 Å². The summed E-state index contributed by atoms with van der Waals surface area (Å²) in [6, 6.07) is 12.3. The monoisotopic (exact) mass is 281 g/mol. The van der Waals surface area contributed by atoms with Gasteiger partial charge < -0.3 is 10.5 Å². The Kier molecular flexibility index (Phi) is 3.60. The van der Waals surface area contributed by atoms with Crippen molar-refractivity contribution in [3.8, 4) is 5.75 Å². The highest BCUT2D eigenvalue weighted by atomic mass is 16.5. The highest BCUT2D eigenvalue weighted by Crippen LogP contribution is 2.31. The van der Waals surface area contributed by atoms with Crippen molar-refractivity contribution in [3.05, 3.63) is 42.0 Å². The summed E-state index contributed by atoms with van der Waals surface area (Å²) >= 11 is 0. The number of rotatable bonds is 3. The molecule has 0 spiro atoms. The molecule has 21 heavy (non-hydrogen) atoms. The summed E-state index contributed by atoms with van der Waals surface area (Å²) in [4.78, 5) is 0. The Labute approximate surface area is 124 Å². The molecule has 1 aliphatic heterocycles. The highest BCUT2D eigenvalue weighted by Gasteiger charge is 2.23. The Morgan fingerprint density at radius 1 is 1.14 bits per heavy atom. The van der Waals surface area contributed by atoms with Crippen LogP contribution in [0.4, 0.5) is 0 Å². The minimum Gasteiger partial charge on any atom is -0.496 e. The van der Waals surface area contributed by atoms with Crippen LogP contribution in [0.25, 0.3) is 10.8 Å². The van der Waals surface area contributed by atoms with Crippen LogP contribution in [0, 0.1) is 5.92 Å². The summed E-state index contributed by atoms with van der Waals surface area (Å²) < 4.78 is 5.45. The quantitative estimate of drug-likeness (QED) is 0.938. The Balaban J connectivity index is 2.21. The molecule has 108 valence electrons. The maximum absolute atomic E-state index is 5.82. The van der Waals surface area contributed by atoms with E-state index < -0.39 is 0 Å². The standard InChI is InChI=1S/C17H19N3O/c1-3-11-10-16(18)19-20-17(11)14-8-9-15(21-2)13-7-5-4-6-12(13)14/h4-9,11H,3,10H2,1-2H3,(H2,18,19). The number of methoxy groups -OCH3 is 1. The summed E-state index contributed by atoms with van der Waals surface area (Å²) in [6.45, 7) is 2.16. The number of fused-ring (bicyclic) bond motifs is 1. The van der Waals surface area contributed by atoms with Crippen LogP contribution in [0.3, 0.4) is 0 Å². The van der Waals surface area contributed by atoms with Gasteiger partial charge in [-0.15, -0.1) is 5.10 Å². The van der Waals surface area contributed by atoms with E-state index >= 15 is 0 Å². The topological polar surface area (TPSA) is 60.0 Å². The first-order valence-corrected chi connectivity index (χ1v) is 7.20. The molecule has 1 aliphatic rings. The minimum atomic E-state index is 0.319. The van der Waals surface area contributed by atoms with Crippen molar-refractivity contribution >= 4 is 22.3 Å². The fraction of sp³-hybridized carbons (Fsp3) is 0.294. The van der Waals surface area contributed by atoms with E-state index in [-0.39, 0.29) is 0 Å². The first-order valence-electron chi connectivity index (χ1n) is 7.20. The molecule has 2 aromatic carbocycles. The second-order valence-corrected chi connectivity index (χ2v) is 5.25. The van der Waals surface area contributed by atoms with Gasteiger partial charge in [0, 0.05) is 23.3 Å². The Bertz CT molecular complexity index is 734. The van der Waals surface area contributed by atoms with Gasteiger partial charge in [-0.25, -0.2) is 0 Å². The SMILES string of the molecule is CCC1CC(N)=NN=C1c1ccc(OC)c2ccccc12. The van der Waals surface area contributed by atoms with Gasteiger partial charge in [0.15, 0.2) is 0 Å². The molecule has 2 aromatic rings. The fourth-order valence-electron chi connectivity index (χ4n) is 2.87. The van der Waals surface area contributed by atoms with Crippen LogP contribution >= 0.6 is 0 Å². The van der Waals surface area contributed by atoms with Crippen molar-refractivity contribution in [3.63, 3.8) is 0 Å². The summed E-state index contributed by atoms with van der Waals surface area (Å²) in [5.41, 5.74) is 7.96. The molecular weight excluding hydrogens is 262 g/mol. The molecule has 0 saturated carbocycles. The molecule has 4 heteroatoms. The molecule has 0 saturated heterocycles. The number of hydrogen-bond donors (Lipinski definition) is 1. The van der Waals surface area contributed by atoms with Crippen molar-refractivity contribution in [2.45, 2.75) is 19.8 Å². The fourth-order valence-corrected chi connectivity index (χ4v) is 2.87. The Morgan fingerprint density at radius 2 is 1.90 bits per heavy atom. The lowest BCUT2D eigenvalue weighted by Gasteiger charge is -2.21. The molecule has 0 bridgehead atoms. The third-order valence-corrected chi connectivity index (χ3v) is 4.00. The van der Waals surface area contributed by atoms with Crippen LogP contribution in [-0.4, -0.2) is 18.7 Å². The number of nitrogens with zero attached hydrogens (tertiary/aromatic N) is 2. The van der Waals surface area contributed by atoms with Gasteiger partial charge in [-0.1, -0.05) is 31.2 Å². The lowest BCUT2D eigenvalue weighted by molar-refractivity contribution is 0.420. The molecular formula is C17H19N3O. The van der Waals surface area contributed by atoms with Gasteiger partial charge >= 0.3 is 0 Å². The van der Waals surface area contributed by atoms with Gasteiger partial charge in [0.2, 0.25) is 0 Å². The average Bonchev–Trinajstić information content (AvgIpc) is 2.54. The van der Waals surface area contributed by atoms with E-state index in [1.54, 1.807) is 7.11 Å². The van der Waals surface area contributed by atoms with Crippen molar-refractivity contribution in [2.75, 3.05) is 7.11 Å². The molecule has 0 fully saturated rings. The zero-order valence-electron chi connectivity index (χ0n) is 12.3. The second kappa shape index (κ2) is 5.56. The second-order valence-electron chi connectivity index (χ2n) is 5.25. The highest BCUT2D eigenvalue weighted by molar-refractivity contribution is 6.14. The molecule has 1 heterocycles. The lowest BCUT2D eigenvalue weighted by Crippen LogP contribution is -2.26. The van der Waals surface area contributed by atoms with Gasteiger partial charge in [-0.3, -0.25) is 0 Å². The van der Waals surface area contributed by atoms with Gasteiger partial charge in [-0.2, -0.15) is 5.10 Å². The van der Waals surface area contributed by atoms with E-state index in [0.717, 1.165) is 40.6 Å². The molecule has 4 nitrogen and oxygen atoms in total. The van der Waals surface area contributed by atoms with E-state index in [4.69, 9.17) is 10.5 Å². The number of nitrogens with two attached hydrogens (primary N) is 1. The van der Waals surface area contributed by atoms with Crippen molar-refractivity contribution in [1.82, 2.24) is 0 Å². The normalized spacial score (nSPS) is 18.3. The molecule has 1 unspecified atom stereocenters. The van der Waals surface area contributed by atoms with Crippen molar-refractivity contribution in [2.24, 2.45) is 21.9 Å². The van der Waals surface area contributed by atoms with E-state index in [9.17, 15) is 0 Å². The average molecular weight is 281 g/mol. The van der Waals surface area contributed by atoms with Crippen LogP contribution in [0.2, 0.25) is 0 Å². The largest absolute Gasteiger partial charge is 0.496 e. The number of benzene rings is 2. The number of ether oxygens (including phenoxy) is 1. The molecule has 0 amide bonds. The summed E-state index contributed by atoms with van der Waals surface area (Å²) in [7, 11) is 1.69. The zero-order chi connectivity index (χ0) is 14.8. The number of amidine groups is 1. The van der Waals surface area contributed by atoms with Crippen molar-refractivity contribution < 1.29 is 4.74 Å². The number of hydrogen-bond acceptors (Lipinski definition) is 4. The lowest BCUT2D eigenvalue weighted by atomic mass is 9.88. The smallest absolute Gasteiger partial charge is 0.126 e. The predicted octanol–water partition coefficient (Wildman–Crippen LogP) is 3.34. The van der Waals surface area contributed by atoms with E-state index in [1.165, 1.54) is 0 Å². The maximum Gasteiger partial charge on any atom is 0.126 e. The van der Waals surface area contributed by atoms with Crippen LogP contribution in [0.15, 0.2) is 46.6 Å². The molecule has 2 N–H and O–H groups in total. The predicted molar refractivity (Wildman–Crippen MR) is 87.1 cm³/mol. The first kappa shape index (κ1) is 13.6. The van der Waals surface area contributed by atoms with E-state index in [2.05, 4.69) is 35.3 Å². The molecule has 3 rings (SSSR count). The molecule has 0 radical (unpaired) electrons. The van der Waals surface area contributed by atoms with Crippen LogP contribution in [0.1, 0.15) is 25.3 Å². The van der Waals surface area contributed by atoms with Crippen LogP contribution < -0.4 is 10.5 Å². The molecule has 0 aliphatic carbocycles. The van der Waals surface area contributed by atoms with Gasteiger partial charge in [0.1, 0.15) is 11.6 Å². The zero-order valence-corrected chi connectivity index (χ0v) is 12.3. The minimum absolute atomic E-state index is 0.319. The van der Waals surface area contributed by atoms with Gasteiger partial charge in [0.05, 0.1) is 12.8 Å². The maximum atomic E-state index is 5.82. The van der Waals surface area contributed by atoms with Gasteiger partial charge in [0.25, 0.3) is 0 Å². The van der Waals surface area contributed by atoms with Crippen molar-refractivity contribution in [1.29, 1.82) is 0 Å². The Morgan fingerprint density at radius 3 is 2.62 bits per heavy atom. The molecule has 0 aromatic heterocycles. The van der Waals surface area contributed by atoms with E-state index in [1.807, 2.05) is 18.2 Å². The van der Waals surface area contributed by atoms with Crippen LogP contribution in [0.5, 0.6) is 5.75 Å². The summed E-state index contributed by atoms with van der Waals surface area (Å²) in [5, 5.41) is 10.7. The van der Waals surface area contributed by atoms with Gasteiger partial charge in [-0.05, 0) is 23.9 Å². The third-order valence-electron chi connectivity index (χ3n) is 4.00. The third kappa shape index (κ3) is 2.37. The molecule has 1 atom stereocenters. The summed E-state index contributed by atoms with van der Waals surface area (Å²) in [5.74, 6) is 1.81. The summed E-state index contributed by atoms with van der Waals surface area (Å²) in [6.07, 6.45) is 1.77. The van der Waals surface area contributed by atoms with E-state index in [0.29, 0.717) is 11.8 Å². The Hall–Kier alpha value is -2.36. The first-order chi connectivity index (χ1) is 10.2.